The van der Waals surface area contributed by atoms with Gasteiger partial charge in [-0.3, -0.25) is 4.79 Å². The van der Waals surface area contributed by atoms with Crippen LogP contribution in [0.3, 0.4) is 0 Å². The van der Waals surface area contributed by atoms with E-state index in [1.807, 2.05) is 13.0 Å². The molecule has 0 saturated carbocycles. The second kappa shape index (κ2) is 12.2. The molecule has 0 aromatic rings. The maximum atomic E-state index is 12.5. The van der Waals surface area contributed by atoms with Crippen LogP contribution in [0, 0.1) is 11.8 Å². The molecular formula is C26H40O13. The van der Waals surface area contributed by atoms with Crippen molar-refractivity contribution in [2.75, 3.05) is 19.8 Å². The summed E-state index contributed by atoms with van der Waals surface area (Å²) in [6.45, 7) is 3.77. The fourth-order valence-electron chi connectivity index (χ4n) is 5.45. The van der Waals surface area contributed by atoms with Crippen molar-refractivity contribution >= 4 is 5.97 Å². The van der Waals surface area contributed by atoms with Crippen molar-refractivity contribution < 1.29 is 64.2 Å². The number of ether oxygens (including phenoxy) is 5. The van der Waals surface area contributed by atoms with Gasteiger partial charge in [0, 0.05) is 5.92 Å². The Bertz CT molecular complexity index is 939. The van der Waals surface area contributed by atoms with Crippen molar-refractivity contribution in [2.45, 2.75) is 101 Å². The first-order valence-electron chi connectivity index (χ1n) is 13.2. The zero-order valence-corrected chi connectivity index (χ0v) is 22.2. The molecule has 1 aliphatic carbocycles. The first kappa shape index (κ1) is 30.5. The van der Waals surface area contributed by atoms with E-state index in [0.29, 0.717) is 18.4 Å². The highest BCUT2D eigenvalue weighted by Gasteiger charge is 2.52. The van der Waals surface area contributed by atoms with E-state index < -0.39 is 98.0 Å². The van der Waals surface area contributed by atoms with Gasteiger partial charge in [0.05, 0.1) is 37.9 Å². The van der Waals surface area contributed by atoms with Crippen molar-refractivity contribution in [2.24, 2.45) is 11.8 Å². The van der Waals surface area contributed by atoms with Crippen molar-refractivity contribution in [3.05, 3.63) is 23.3 Å². The van der Waals surface area contributed by atoms with Gasteiger partial charge in [0.25, 0.3) is 0 Å². The summed E-state index contributed by atoms with van der Waals surface area (Å²) < 4.78 is 28.3. The van der Waals surface area contributed by atoms with E-state index in [2.05, 4.69) is 0 Å². The molecule has 7 N–H and O–H groups in total. The van der Waals surface area contributed by atoms with E-state index in [1.54, 1.807) is 19.9 Å². The molecule has 3 fully saturated rings. The second-order valence-corrected chi connectivity index (χ2v) is 11.1. The van der Waals surface area contributed by atoms with E-state index >= 15 is 0 Å². The molecule has 0 radical (unpaired) electrons. The Morgan fingerprint density at radius 3 is 2.46 bits per heavy atom. The van der Waals surface area contributed by atoms with Gasteiger partial charge in [0.15, 0.2) is 12.6 Å². The molecule has 222 valence electrons. The summed E-state index contributed by atoms with van der Waals surface area (Å²) in [4.78, 5) is 12.5. The molecule has 39 heavy (non-hydrogen) atoms. The first-order chi connectivity index (χ1) is 18.4. The summed E-state index contributed by atoms with van der Waals surface area (Å²) in [6, 6.07) is 0. The molecule has 3 heterocycles. The van der Waals surface area contributed by atoms with E-state index in [1.165, 1.54) is 0 Å². The van der Waals surface area contributed by atoms with Gasteiger partial charge in [0.2, 0.25) is 0 Å². The van der Waals surface area contributed by atoms with Gasteiger partial charge in [-0.1, -0.05) is 18.6 Å². The van der Waals surface area contributed by atoms with Crippen molar-refractivity contribution in [3.8, 4) is 0 Å². The molecule has 4 aliphatic rings. The van der Waals surface area contributed by atoms with Gasteiger partial charge in [-0.25, -0.2) is 0 Å². The number of carbonyl (C=O) groups excluding carboxylic acids is 1. The Hall–Kier alpha value is -1.49. The van der Waals surface area contributed by atoms with Crippen LogP contribution in [0.15, 0.2) is 23.3 Å². The maximum absolute atomic E-state index is 12.5. The molecule has 0 aromatic carbocycles. The number of hydrogen-bond donors (Lipinski definition) is 7. The standard InChI is InChI=1S/C26H40O13/c1-11-4-5-14(28)12(2)7-16-18(13(3)23(33)37-16)15(6-11)38-24-21(31)20(30)19(29)17(39-24)8-35-25-22(32)26(34,9-27)10-36-25/h4,7,13-22,24-25,27-32,34H,5-6,8-10H2,1-3H3/b11-4+,12-7+/t13-,14+,15-,16+,17+,18+,19+,20-,21+,22-,24+,25+,26+/m0/s1. The predicted octanol–water partition coefficient (Wildman–Crippen LogP) is -2.14. The average molecular weight is 561 g/mol. The highest BCUT2D eigenvalue weighted by Crippen LogP contribution is 2.39. The van der Waals surface area contributed by atoms with Crippen LogP contribution in [0.2, 0.25) is 0 Å². The van der Waals surface area contributed by atoms with Gasteiger partial charge in [-0.05, 0) is 38.3 Å². The molecule has 0 bridgehead atoms. The SMILES string of the molecule is C/C1=C\C[C@@H](O)/C(C)=C/[C@H]2OC(=O)[C@@H](C)[C@@H]2[C@@H](O[C@@H]2O[C@H](CO[C@@H]3OC[C@](O)(CO)[C@H]3O)[C@@H](O)[C@H](O)[C@H]2O)C1. The summed E-state index contributed by atoms with van der Waals surface area (Å²) >= 11 is 0. The van der Waals surface area contributed by atoms with E-state index in [-0.39, 0.29) is 6.61 Å². The summed E-state index contributed by atoms with van der Waals surface area (Å²) in [5.74, 6) is -1.51. The molecule has 0 spiro atoms. The smallest absolute Gasteiger partial charge is 0.309 e. The van der Waals surface area contributed by atoms with Crippen molar-refractivity contribution in [3.63, 3.8) is 0 Å². The molecule has 4 rings (SSSR count). The third-order valence-electron chi connectivity index (χ3n) is 8.16. The topological polar surface area (TPSA) is 205 Å². The second-order valence-electron chi connectivity index (χ2n) is 11.1. The molecular weight excluding hydrogens is 520 g/mol. The Morgan fingerprint density at radius 1 is 1.08 bits per heavy atom. The molecule has 0 aromatic heterocycles. The zero-order chi connectivity index (χ0) is 28.6. The minimum atomic E-state index is -1.91. The zero-order valence-electron chi connectivity index (χ0n) is 22.2. The number of aliphatic hydroxyl groups is 7. The summed E-state index contributed by atoms with van der Waals surface area (Å²) in [6.07, 6.45) is -8.36. The van der Waals surface area contributed by atoms with Crippen LogP contribution in [0.5, 0.6) is 0 Å². The van der Waals surface area contributed by atoms with E-state index in [0.717, 1.165) is 5.57 Å². The monoisotopic (exact) mass is 560 g/mol. The predicted molar refractivity (Wildman–Crippen MR) is 131 cm³/mol. The summed E-state index contributed by atoms with van der Waals surface area (Å²) in [5.41, 5.74) is -0.393. The third kappa shape index (κ3) is 6.23. The third-order valence-corrected chi connectivity index (χ3v) is 8.16. The van der Waals surface area contributed by atoms with Gasteiger partial charge in [0.1, 0.15) is 42.2 Å². The number of fused-ring (bicyclic) bond motifs is 1. The van der Waals surface area contributed by atoms with E-state index in [9.17, 15) is 40.5 Å². The summed E-state index contributed by atoms with van der Waals surface area (Å²) in [5, 5.41) is 71.9. The Kier molecular flexibility index (Phi) is 9.51. The Labute approximate surface area is 226 Å². The van der Waals surface area contributed by atoms with Crippen LogP contribution in [-0.2, 0) is 28.5 Å². The molecule has 0 amide bonds. The number of aliphatic hydroxyl groups excluding tert-OH is 6. The van der Waals surface area contributed by atoms with Gasteiger partial charge in [-0.2, -0.15) is 0 Å². The molecule has 3 aliphatic heterocycles. The summed E-state index contributed by atoms with van der Waals surface area (Å²) in [7, 11) is 0. The van der Waals surface area contributed by atoms with Crippen LogP contribution in [0.1, 0.15) is 33.6 Å². The molecule has 13 heteroatoms. The maximum Gasteiger partial charge on any atom is 0.309 e. The number of rotatable bonds is 6. The van der Waals surface area contributed by atoms with E-state index in [4.69, 9.17) is 23.7 Å². The fourth-order valence-corrected chi connectivity index (χ4v) is 5.45. The van der Waals surface area contributed by atoms with Crippen LogP contribution >= 0.6 is 0 Å². The Balaban J connectivity index is 1.51. The normalized spacial score (nSPS) is 49.9. The van der Waals surface area contributed by atoms with Crippen LogP contribution in [-0.4, -0.2) is 129 Å². The lowest BCUT2D eigenvalue weighted by Crippen LogP contribution is -2.60. The average Bonchev–Trinajstić information content (AvgIpc) is 3.35. The number of carbonyl (C=O) groups is 1. The fraction of sp³-hybridized carbons (Fsp3) is 0.808. The van der Waals surface area contributed by atoms with Crippen LogP contribution in [0.25, 0.3) is 0 Å². The van der Waals surface area contributed by atoms with Crippen LogP contribution in [0.4, 0.5) is 0 Å². The highest BCUT2D eigenvalue weighted by atomic mass is 16.7. The quantitative estimate of drug-likeness (QED) is 0.137. The molecule has 13 nitrogen and oxygen atoms in total. The number of hydrogen-bond acceptors (Lipinski definition) is 13. The van der Waals surface area contributed by atoms with Gasteiger partial charge in [-0.15, -0.1) is 0 Å². The highest BCUT2D eigenvalue weighted by molar-refractivity contribution is 5.75. The minimum absolute atomic E-state index is 0.315. The lowest BCUT2D eigenvalue weighted by Gasteiger charge is -2.42. The molecule has 13 atom stereocenters. The van der Waals surface area contributed by atoms with Crippen molar-refractivity contribution in [1.82, 2.24) is 0 Å². The van der Waals surface area contributed by atoms with Crippen molar-refractivity contribution in [1.29, 1.82) is 0 Å². The molecule has 0 unspecified atom stereocenters. The van der Waals surface area contributed by atoms with Gasteiger partial charge >= 0.3 is 5.97 Å². The largest absolute Gasteiger partial charge is 0.457 e. The molecule has 3 saturated heterocycles. The Morgan fingerprint density at radius 2 is 1.79 bits per heavy atom. The van der Waals surface area contributed by atoms with Gasteiger partial charge < -0.3 is 59.4 Å². The minimum Gasteiger partial charge on any atom is -0.457 e. The lowest BCUT2D eigenvalue weighted by atomic mass is 9.82. The first-order valence-corrected chi connectivity index (χ1v) is 13.2. The number of esters is 1. The lowest BCUT2D eigenvalue weighted by molar-refractivity contribution is -0.322. The van der Waals surface area contributed by atoms with Crippen LogP contribution < -0.4 is 0 Å².